The van der Waals surface area contributed by atoms with Crippen LogP contribution in [-0.4, -0.2) is 36.3 Å². The van der Waals surface area contributed by atoms with Crippen molar-refractivity contribution in [1.82, 2.24) is 20.2 Å². The maximum absolute atomic E-state index is 12.4. The van der Waals surface area contributed by atoms with Crippen LogP contribution in [0.15, 0.2) is 53.7 Å². The number of hydrogen-bond donors (Lipinski definition) is 1. The van der Waals surface area contributed by atoms with Gasteiger partial charge in [-0.15, -0.1) is 5.10 Å². The quantitative estimate of drug-likeness (QED) is 0.380. The number of halogens is 1. The van der Waals surface area contributed by atoms with Crippen LogP contribution >= 0.6 is 23.4 Å². The minimum atomic E-state index is -0.540. The van der Waals surface area contributed by atoms with Crippen molar-refractivity contribution in [2.45, 2.75) is 17.3 Å². The first-order valence-electron chi connectivity index (χ1n) is 7.70. The highest BCUT2D eigenvalue weighted by atomic mass is 35.5. The summed E-state index contributed by atoms with van der Waals surface area (Å²) in [7, 11) is 0. The number of nitro benzene ring substituents is 1. The molecule has 1 aromatic heterocycles. The van der Waals surface area contributed by atoms with E-state index in [1.54, 1.807) is 37.3 Å². The molecule has 1 atom stereocenters. The molecule has 27 heavy (non-hydrogen) atoms. The van der Waals surface area contributed by atoms with Crippen LogP contribution in [0.25, 0.3) is 5.69 Å². The van der Waals surface area contributed by atoms with E-state index in [1.165, 1.54) is 22.9 Å². The molecule has 0 aliphatic heterocycles. The fraction of sp³-hybridized carbons (Fsp3) is 0.125. The predicted octanol–water partition coefficient (Wildman–Crippen LogP) is 3.34. The van der Waals surface area contributed by atoms with Gasteiger partial charge in [-0.1, -0.05) is 29.4 Å². The Balaban J connectivity index is 1.71. The highest BCUT2D eigenvalue weighted by Gasteiger charge is 2.20. The average molecular weight is 405 g/mol. The number of nitrogens with one attached hydrogen (secondary N) is 1. The minimum Gasteiger partial charge on any atom is -0.325 e. The second-order valence-electron chi connectivity index (χ2n) is 5.41. The van der Waals surface area contributed by atoms with E-state index in [0.717, 1.165) is 11.8 Å². The van der Waals surface area contributed by atoms with E-state index in [-0.39, 0.29) is 11.6 Å². The van der Waals surface area contributed by atoms with Crippen LogP contribution in [0, 0.1) is 10.1 Å². The molecule has 1 heterocycles. The SMILES string of the molecule is C[C@@H](Sc1nnnn1-c1ccc(Cl)cc1)C(=O)Nc1cccc([N+](=O)[O-])c1. The number of tetrazole rings is 1. The minimum absolute atomic E-state index is 0.0974. The van der Waals surface area contributed by atoms with Gasteiger partial charge >= 0.3 is 0 Å². The Morgan fingerprint density at radius 1 is 1.30 bits per heavy atom. The van der Waals surface area contributed by atoms with Crippen molar-refractivity contribution in [2.24, 2.45) is 0 Å². The highest BCUT2D eigenvalue weighted by Crippen LogP contribution is 2.25. The van der Waals surface area contributed by atoms with Crippen LogP contribution in [0.1, 0.15) is 6.92 Å². The lowest BCUT2D eigenvalue weighted by Gasteiger charge is -2.11. The normalized spacial score (nSPS) is 11.8. The maximum atomic E-state index is 12.4. The molecule has 2 aromatic carbocycles. The Morgan fingerprint density at radius 3 is 2.74 bits per heavy atom. The number of carbonyl (C=O) groups is 1. The van der Waals surface area contributed by atoms with Gasteiger partial charge in [0.15, 0.2) is 0 Å². The van der Waals surface area contributed by atoms with Crippen LogP contribution in [0.3, 0.4) is 0 Å². The number of hydrogen-bond acceptors (Lipinski definition) is 7. The van der Waals surface area contributed by atoms with E-state index in [1.807, 2.05) is 0 Å². The lowest BCUT2D eigenvalue weighted by Crippen LogP contribution is -2.23. The van der Waals surface area contributed by atoms with Gasteiger partial charge in [-0.25, -0.2) is 0 Å². The van der Waals surface area contributed by atoms with Gasteiger partial charge in [0.2, 0.25) is 11.1 Å². The summed E-state index contributed by atoms with van der Waals surface area (Å²) in [5.41, 5.74) is 0.955. The first-order valence-corrected chi connectivity index (χ1v) is 8.96. The van der Waals surface area contributed by atoms with Crippen molar-refractivity contribution in [1.29, 1.82) is 0 Å². The first kappa shape index (κ1) is 18.8. The third-order valence-corrected chi connectivity index (χ3v) is 4.77. The number of amides is 1. The van der Waals surface area contributed by atoms with Crippen molar-refractivity contribution in [3.05, 3.63) is 63.7 Å². The summed E-state index contributed by atoms with van der Waals surface area (Å²) < 4.78 is 1.50. The molecule has 0 aliphatic rings. The van der Waals surface area contributed by atoms with Gasteiger partial charge in [-0.2, -0.15) is 4.68 Å². The Hall–Kier alpha value is -2.98. The number of benzene rings is 2. The van der Waals surface area contributed by atoms with Gasteiger partial charge < -0.3 is 5.32 Å². The molecule has 0 bridgehead atoms. The van der Waals surface area contributed by atoms with E-state index >= 15 is 0 Å². The molecule has 1 N–H and O–H groups in total. The fourth-order valence-electron chi connectivity index (χ4n) is 2.15. The first-order chi connectivity index (χ1) is 12.9. The standard InChI is InChI=1S/C16H13ClN6O3S/c1-10(15(24)18-12-3-2-4-14(9-12)23(25)26)27-16-19-20-21-22(16)13-7-5-11(17)6-8-13/h2-10H,1H3,(H,18,24)/t10-/m1/s1. The van der Waals surface area contributed by atoms with Crippen LogP contribution in [0.5, 0.6) is 0 Å². The van der Waals surface area contributed by atoms with Crippen LogP contribution in [0.2, 0.25) is 5.02 Å². The largest absolute Gasteiger partial charge is 0.325 e. The van der Waals surface area contributed by atoms with Crippen molar-refractivity contribution in [3.8, 4) is 5.69 Å². The van der Waals surface area contributed by atoms with Gasteiger partial charge in [0.05, 0.1) is 15.9 Å². The third-order valence-electron chi connectivity index (χ3n) is 3.49. The zero-order valence-corrected chi connectivity index (χ0v) is 15.5. The molecule has 3 aromatic rings. The summed E-state index contributed by atoms with van der Waals surface area (Å²) in [6.07, 6.45) is 0. The van der Waals surface area contributed by atoms with Gasteiger partial charge in [-0.3, -0.25) is 14.9 Å². The molecule has 0 spiro atoms. The Bertz CT molecular complexity index is 978. The Kier molecular flexibility index (Phi) is 5.67. The molecule has 0 saturated heterocycles. The predicted molar refractivity (Wildman–Crippen MR) is 101 cm³/mol. The number of rotatable bonds is 6. The van der Waals surface area contributed by atoms with Gasteiger partial charge in [-0.05, 0) is 47.7 Å². The molecule has 9 nitrogen and oxygen atoms in total. The van der Waals surface area contributed by atoms with E-state index in [9.17, 15) is 14.9 Å². The summed E-state index contributed by atoms with van der Waals surface area (Å²) in [4.78, 5) is 22.7. The lowest BCUT2D eigenvalue weighted by atomic mass is 10.2. The van der Waals surface area contributed by atoms with Crippen molar-refractivity contribution in [3.63, 3.8) is 0 Å². The summed E-state index contributed by atoms with van der Waals surface area (Å²) in [5, 5.41) is 25.5. The summed E-state index contributed by atoms with van der Waals surface area (Å²) in [6.45, 7) is 1.69. The number of non-ortho nitro benzene ring substituents is 1. The van der Waals surface area contributed by atoms with Crippen molar-refractivity contribution < 1.29 is 9.72 Å². The third kappa shape index (κ3) is 4.60. The highest BCUT2D eigenvalue weighted by molar-refractivity contribution is 8.00. The molecule has 0 aliphatic carbocycles. The van der Waals surface area contributed by atoms with E-state index < -0.39 is 10.2 Å². The van der Waals surface area contributed by atoms with Crippen LogP contribution < -0.4 is 5.32 Å². The second-order valence-corrected chi connectivity index (χ2v) is 7.15. The van der Waals surface area contributed by atoms with Crippen molar-refractivity contribution in [2.75, 3.05) is 5.32 Å². The molecule has 0 fully saturated rings. The molecule has 0 unspecified atom stereocenters. The summed E-state index contributed by atoms with van der Waals surface area (Å²) in [6, 6.07) is 12.7. The zero-order chi connectivity index (χ0) is 19.4. The lowest BCUT2D eigenvalue weighted by molar-refractivity contribution is -0.384. The monoisotopic (exact) mass is 404 g/mol. The average Bonchev–Trinajstić information content (AvgIpc) is 3.10. The molecule has 3 rings (SSSR count). The van der Waals surface area contributed by atoms with E-state index in [0.29, 0.717) is 21.6 Å². The summed E-state index contributed by atoms with van der Waals surface area (Å²) in [5.74, 6) is -0.328. The maximum Gasteiger partial charge on any atom is 0.271 e. The Labute approximate surface area is 162 Å². The molecule has 0 radical (unpaired) electrons. The van der Waals surface area contributed by atoms with E-state index in [4.69, 9.17) is 11.6 Å². The number of nitro groups is 1. The topological polar surface area (TPSA) is 116 Å². The number of anilines is 1. The van der Waals surface area contributed by atoms with Gasteiger partial charge in [0.1, 0.15) is 0 Å². The van der Waals surface area contributed by atoms with Gasteiger partial charge in [0.25, 0.3) is 5.69 Å². The summed E-state index contributed by atoms with van der Waals surface area (Å²) >= 11 is 7.05. The van der Waals surface area contributed by atoms with Crippen molar-refractivity contribution >= 4 is 40.6 Å². The number of thioether (sulfide) groups is 1. The molecular weight excluding hydrogens is 392 g/mol. The molecule has 0 saturated carbocycles. The number of aromatic nitrogens is 4. The smallest absolute Gasteiger partial charge is 0.271 e. The zero-order valence-electron chi connectivity index (χ0n) is 13.9. The van der Waals surface area contributed by atoms with Crippen LogP contribution in [0.4, 0.5) is 11.4 Å². The van der Waals surface area contributed by atoms with Gasteiger partial charge in [0, 0.05) is 22.8 Å². The van der Waals surface area contributed by atoms with E-state index in [2.05, 4.69) is 20.8 Å². The second kappa shape index (κ2) is 8.14. The number of nitrogens with zero attached hydrogens (tertiary/aromatic N) is 5. The number of carbonyl (C=O) groups excluding carboxylic acids is 1. The molecular formula is C16H13ClN6O3S. The fourth-order valence-corrected chi connectivity index (χ4v) is 3.08. The molecule has 1 amide bonds. The van der Waals surface area contributed by atoms with Crippen LogP contribution in [-0.2, 0) is 4.79 Å². The Morgan fingerprint density at radius 2 is 2.04 bits per heavy atom. The molecule has 11 heteroatoms. The molecule has 138 valence electrons.